The SMILES string of the molecule is O=C(O)CN1CCCN(C(=O)CCCNC(=O)OCC2c3ccccc3-c3ccccc32)CC1. The van der Waals surface area contributed by atoms with Gasteiger partial charge in [-0.2, -0.15) is 0 Å². The van der Waals surface area contributed by atoms with Crippen molar-refractivity contribution in [3.63, 3.8) is 0 Å². The van der Waals surface area contributed by atoms with Crippen LogP contribution >= 0.6 is 0 Å². The van der Waals surface area contributed by atoms with Crippen molar-refractivity contribution in [2.75, 3.05) is 45.9 Å². The Morgan fingerprint density at radius 3 is 2.29 bits per heavy atom. The number of rotatable bonds is 8. The van der Waals surface area contributed by atoms with E-state index in [4.69, 9.17) is 9.84 Å². The summed E-state index contributed by atoms with van der Waals surface area (Å²) in [4.78, 5) is 39.3. The summed E-state index contributed by atoms with van der Waals surface area (Å²) in [7, 11) is 0. The molecule has 2 amide bonds. The third-order valence-electron chi connectivity index (χ3n) is 6.48. The van der Waals surface area contributed by atoms with Crippen LogP contribution in [-0.4, -0.2) is 78.8 Å². The van der Waals surface area contributed by atoms with Crippen molar-refractivity contribution in [2.24, 2.45) is 0 Å². The summed E-state index contributed by atoms with van der Waals surface area (Å²) < 4.78 is 5.52. The third-order valence-corrected chi connectivity index (χ3v) is 6.48. The Bertz CT molecular complexity index is 995. The van der Waals surface area contributed by atoms with Gasteiger partial charge in [-0.1, -0.05) is 48.5 Å². The number of ether oxygens (including phenoxy) is 1. The van der Waals surface area contributed by atoms with Gasteiger partial charge in [0.15, 0.2) is 0 Å². The highest BCUT2D eigenvalue weighted by atomic mass is 16.5. The number of benzene rings is 2. The zero-order valence-corrected chi connectivity index (χ0v) is 19.2. The maximum atomic E-state index is 12.5. The molecule has 0 atom stereocenters. The fourth-order valence-corrected chi connectivity index (χ4v) is 4.81. The highest BCUT2D eigenvalue weighted by Crippen LogP contribution is 2.44. The van der Waals surface area contributed by atoms with Crippen LogP contribution in [0.2, 0.25) is 0 Å². The molecular formula is C26H31N3O5. The summed E-state index contributed by atoms with van der Waals surface area (Å²) in [5.74, 6) is -0.797. The molecule has 0 saturated carbocycles. The molecule has 0 aromatic heterocycles. The molecule has 2 aromatic carbocycles. The summed E-state index contributed by atoms with van der Waals surface area (Å²) in [6.45, 7) is 3.04. The zero-order chi connectivity index (χ0) is 23.9. The van der Waals surface area contributed by atoms with E-state index in [1.54, 1.807) is 4.90 Å². The van der Waals surface area contributed by atoms with Crippen molar-refractivity contribution < 1.29 is 24.2 Å². The van der Waals surface area contributed by atoms with E-state index in [2.05, 4.69) is 29.6 Å². The molecule has 0 bridgehead atoms. The lowest BCUT2D eigenvalue weighted by molar-refractivity contribution is -0.138. The highest BCUT2D eigenvalue weighted by Gasteiger charge is 2.29. The van der Waals surface area contributed by atoms with Gasteiger partial charge in [-0.3, -0.25) is 14.5 Å². The molecule has 0 spiro atoms. The summed E-state index contributed by atoms with van der Waals surface area (Å²) in [5.41, 5.74) is 4.71. The monoisotopic (exact) mass is 465 g/mol. The number of hydrogen-bond acceptors (Lipinski definition) is 5. The number of alkyl carbamates (subject to hydrolysis) is 1. The van der Waals surface area contributed by atoms with E-state index < -0.39 is 12.1 Å². The van der Waals surface area contributed by atoms with Gasteiger partial charge >= 0.3 is 12.1 Å². The number of nitrogens with one attached hydrogen (secondary N) is 1. The Balaban J connectivity index is 1.18. The van der Waals surface area contributed by atoms with Gasteiger partial charge < -0.3 is 20.1 Å². The van der Waals surface area contributed by atoms with E-state index >= 15 is 0 Å². The topological polar surface area (TPSA) is 99.2 Å². The molecule has 0 radical (unpaired) electrons. The van der Waals surface area contributed by atoms with Gasteiger partial charge in [0.25, 0.3) is 0 Å². The van der Waals surface area contributed by atoms with E-state index in [1.165, 1.54) is 22.3 Å². The summed E-state index contributed by atoms with van der Waals surface area (Å²) in [6.07, 6.45) is 1.14. The molecule has 2 aliphatic rings. The number of hydrogen-bond donors (Lipinski definition) is 2. The first kappa shape index (κ1) is 23.8. The predicted molar refractivity (Wildman–Crippen MR) is 128 cm³/mol. The molecule has 8 heteroatoms. The second-order valence-corrected chi connectivity index (χ2v) is 8.76. The largest absolute Gasteiger partial charge is 0.480 e. The molecule has 34 heavy (non-hydrogen) atoms. The standard InChI is InChI=1S/C26H31N3O5/c30-24(29-14-6-13-28(15-16-29)17-25(31)32)11-5-12-27-26(33)34-18-23-21-9-3-1-7-19(21)20-8-2-4-10-22(20)23/h1-4,7-10,23H,5-6,11-18H2,(H,27,33)(H,31,32). The molecule has 0 unspecified atom stereocenters. The molecule has 1 fully saturated rings. The molecule has 1 aliphatic carbocycles. The Labute approximate surface area is 199 Å². The Morgan fingerprint density at radius 1 is 0.941 bits per heavy atom. The van der Waals surface area contributed by atoms with Gasteiger partial charge in [0.2, 0.25) is 5.91 Å². The summed E-state index contributed by atoms with van der Waals surface area (Å²) in [6, 6.07) is 16.4. The second-order valence-electron chi connectivity index (χ2n) is 8.76. The molecule has 1 aliphatic heterocycles. The number of carboxylic acids is 1. The Kier molecular flexibility index (Phi) is 7.80. The zero-order valence-electron chi connectivity index (χ0n) is 19.2. The molecule has 2 N–H and O–H groups in total. The number of carboxylic acid groups (broad SMARTS) is 1. The average Bonchev–Trinajstić information content (AvgIpc) is 2.96. The molecular weight excluding hydrogens is 434 g/mol. The number of nitrogens with zero attached hydrogens (tertiary/aromatic N) is 2. The van der Waals surface area contributed by atoms with Crippen LogP contribution in [0.3, 0.4) is 0 Å². The Hall–Kier alpha value is -3.39. The Morgan fingerprint density at radius 2 is 1.62 bits per heavy atom. The highest BCUT2D eigenvalue weighted by molar-refractivity contribution is 5.79. The number of amides is 2. The van der Waals surface area contributed by atoms with Gasteiger partial charge in [0.05, 0.1) is 6.54 Å². The van der Waals surface area contributed by atoms with Crippen LogP contribution in [0.4, 0.5) is 4.79 Å². The van der Waals surface area contributed by atoms with Crippen LogP contribution in [0.25, 0.3) is 11.1 Å². The van der Waals surface area contributed by atoms with E-state index in [9.17, 15) is 14.4 Å². The van der Waals surface area contributed by atoms with E-state index in [0.29, 0.717) is 45.6 Å². The van der Waals surface area contributed by atoms with Crippen molar-refractivity contribution in [3.8, 4) is 11.1 Å². The van der Waals surface area contributed by atoms with Crippen LogP contribution < -0.4 is 5.32 Å². The van der Waals surface area contributed by atoms with Gasteiger partial charge in [-0.15, -0.1) is 0 Å². The second kappa shape index (κ2) is 11.2. The van der Waals surface area contributed by atoms with Crippen LogP contribution in [-0.2, 0) is 14.3 Å². The minimum atomic E-state index is -0.848. The number of carbonyl (C=O) groups is 3. The summed E-state index contributed by atoms with van der Waals surface area (Å²) in [5, 5.41) is 11.7. The number of aliphatic carboxylic acids is 1. The maximum Gasteiger partial charge on any atom is 0.407 e. The van der Waals surface area contributed by atoms with Crippen LogP contribution in [0.1, 0.15) is 36.3 Å². The molecule has 1 saturated heterocycles. The van der Waals surface area contributed by atoms with Crippen LogP contribution in [0.5, 0.6) is 0 Å². The molecule has 2 aromatic rings. The van der Waals surface area contributed by atoms with Gasteiger partial charge in [-0.05, 0) is 35.1 Å². The van der Waals surface area contributed by atoms with E-state index in [-0.39, 0.29) is 25.0 Å². The van der Waals surface area contributed by atoms with E-state index in [1.807, 2.05) is 29.2 Å². The van der Waals surface area contributed by atoms with E-state index in [0.717, 1.165) is 6.42 Å². The van der Waals surface area contributed by atoms with Crippen molar-refractivity contribution in [3.05, 3.63) is 59.7 Å². The molecule has 1 heterocycles. The maximum absolute atomic E-state index is 12.5. The first-order valence-electron chi connectivity index (χ1n) is 11.8. The summed E-state index contributed by atoms with van der Waals surface area (Å²) >= 11 is 0. The average molecular weight is 466 g/mol. The normalized spacial score (nSPS) is 15.8. The molecule has 4 rings (SSSR count). The van der Waals surface area contributed by atoms with Crippen molar-refractivity contribution in [1.82, 2.24) is 15.1 Å². The molecule has 8 nitrogen and oxygen atoms in total. The third kappa shape index (κ3) is 5.75. The first-order valence-corrected chi connectivity index (χ1v) is 11.8. The van der Waals surface area contributed by atoms with Crippen LogP contribution in [0.15, 0.2) is 48.5 Å². The minimum Gasteiger partial charge on any atom is -0.480 e. The molecule has 180 valence electrons. The fourth-order valence-electron chi connectivity index (χ4n) is 4.81. The van der Waals surface area contributed by atoms with Gasteiger partial charge in [0.1, 0.15) is 6.61 Å². The van der Waals surface area contributed by atoms with Crippen molar-refractivity contribution in [1.29, 1.82) is 0 Å². The van der Waals surface area contributed by atoms with Crippen molar-refractivity contribution in [2.45, 2.75) is 25.2 Å². The number of fused-ring (bicyclic) bond motifs is 3. The quantitative estimate of drug-likeness (QED) is 0.582. The van der Waals surface area contributed by atoms with Gasteiger partial charge in [-0.25, -0.2) is 4.79 Å². The fraction of sp³-hybridized carbons (Fsp3) is 0.423. The lowest BCUT2D eigenvalue weighted by Gasteiger charge is -2.21. The number of carbonyl (C=O) groups excluding carboxylic acids is 2. The van der Waals surface area contributed by atoms with Crippen molar-refractivity contribution >= 4 is 18.0 Å². The predicted octanol–water partition coefficient (Wildman–Crippen LogP) is 2.92. The first-order chi connectivity index (χ1) is 16.5. The lowest BCUT2D eigenvalue weighted by atomic mass is 9.98. The van der Waals surface area contributed by atoms with Gasteiger partial charge in [0, 0.05) is 45.1 Å². The smallest absolute Gasteiger partial charge is 0.407 e. The lowest BCUT2D eigenvalue weighted by Crippen LogP contribution is -2.37. The van der Waals surface area contributed by atoms with Crippen LogP contribution in [0, 0.1) is 0 Å². The minimum absolute atomic E-state index is 0.00604.